The predicted octanol–water partition coefficient (Wildman–Crippen LogP) is 8.74. The molecule has 0 aliphatic heterocycles. The van der Waals surface area contributed by atoms with Crippen LogP contribution < -0.4 is 9.47 Å². The lowest BCUT2D eigenvalue weighted by Gasteiger charge is -2.35. The zero-order valence-electron chi connectivity index (χ0n) is 26.7. The second kappa shape index (κ2) is 12.9. The molecule has 0 heterocycles. The van der Waals surface area contributed by atoms with Crippen molar-refractivity contribution in [2.24, 2.45) is 0 Å². The Hall–Kier alpha value is -5.16. The average Bonchev–Trinajstić information content (AvgIpc) is 3.43. The molecule has 47 heavy (non-hydrogen) atoms. The van der Waals surface area contributed by atoms with Crippen molar-refractivity contribution in [3.63, 3.8) is 0 Å². The smallest absolute Gasteiger partial charge is 0.122 e. The van der Waals surface area contributed by atoms with Crippen LogP contribution >= 0.6 is 0 Å². The normalized spacial score (nSPS) is 12.8. The minimum atomic E-state index is -0.666. The summed E-state index contributed by atoms with van der Waals surface area (Å²) in [6.07, 6.45) is 0. The van der Waals surface area contributed by atoms with Gasteiger partial charge in [-0.2, -0.15) is 0 Å². The Morgan fingerprint density at radius 2 is 0.915 bits per heavy atom. The van der Waals surface area contributed by atoms with E-state index in [1.165, 1.54) is 44.5 Å². The van der Waals surface area contributed by atoms with Crippen LogP contribution in [0.5, 0.6) is 11.5 Å². The molecule has 7 rings (SSSR count). The molecule has 6 aromatic rings. The van der Waals surface area contributed by atoms with E-state index >= 15 is 0 Å². The average molecular weight is 619 g/mol. The number of benzene rings is 6. The summed E-state index contributed by atoms with van der Waals surface area (Å²) in [7, 11) is 0. The van der Waals surface area contributed by atoms with Gasteiger partial charge in [0.15, 0.2) is 0 Å². The first kappa shape index (κ1) is 30.5. The van der Waals surface area contributed by atoms with E-state index in [9.17, 15) is 10.2 Å². The standard InChI is InChI=1S/C43H38O4/c1-29-27-33(19-21-39(29)46-25-23-44)43(34-20-22-40(30(2)28-34)47-26-24-45)37-17-9-15-35(31-11-5-3-6-12-31)41(37)42-36(16-10-18-38(42)43)32-13-7-4-8-14-32/h3-22,27-28,44-45H,23-26H2,1-2H3. The number of hydrogen-bond donors (Lipinski definition) is 2. The van der Waals surface area contributed by atoms with Crippen molar-refractivity contribution in [3.8, 4) is 44.9 Å². The maximum absolute atomic E-state index is 9.45. The van der Waals surface area contributed by atoms with Gasteiger partial charge in [-0.3, -0.25) is 0 Å². The van der Waals surface area contributed by atoms with Crippen LogP contribution in [0.1, 0.15) is 33.4 Å². The van der Waals surface area contributed by atoms with E-state index in [1.807, 2.05) is 12.1 Å². The highest BCUT2D eigenvalue weighted by molar-refractivity contribution is 6.01. The molecule has 0 saturated carbocycles. The topological polar surface area (TPSA) is 58.9 Å². The van der Waals surface area contributed by atoms with E-state index in [1.54, 1.807) is 0 Å². The van der Waals surface area contributed by atoms with Gasteiger partial charge < -0.3 is 19.7 Å². The molecule has 4 heteroatoms. The van der Waals surface area contributed by atoms with E-state index in [2.05, 4.69) is 135 Å². The first-order chi connectivity index (χ1) is 23.1. The molecule has 0 atom stereocenters. The van der Waals surface area contributed by atoms with Crippen LogP contribution in [-0.4, -0.2) is 36.6 Å². The third-order valence-corrected chi connectivity index (χ3v) is 9.27. The van der Waals surface area contributed by atoms with Crippen molar-refractivity contribution in [1.82, 2.24) is 0 Å². The molecular weight excluding hydrogens is 580 g/mol. The number of aliphatic hydroxyl groups is 2. The summed E-state index contributed by atoms with van der Waals surface area (Å²) in [6.45, 7) is 4.54. The largest absolute Gasteiger partial charge is 0.491 e. The van der Waals surface area contributed by atoms with Crippen LogP contribution in [-0.2, 0) is 5.41 Å². The van der Waals surface area contributed by atoms with Crippen LogP contribution in [0.2, 0.25) is 0 Å². The van der Waals surface area contributed by atoms with Crippen LogP contribution in [0, 0.1) is 13.8 Å². The van der Waals surface area contributed by atoms with Gasteiger partial charge in [0, 0.05) is 0 Å². The summed E-state index contributed by atoms with van der Waals surface area (Å²) in [5, 5.41) is 18.9. The summed E-state index contributed by atoms with van der Waals surface area (Å²) in [4.78, 5) is 0. The fourth-order valence-corrected chi connectivity index (χ4v) is 7.32. The van der Waals surface area contributed by atoms with Crippen molar-refractivity contribution >= 4 is 0 Å². The maximum Gasteiger partial charge on any atom is 0.122 e. The third kappa shape index (κ3) is 5.20. The Labute approximate surface area is 276 Å². The fourth-order valence-electron chi connectivity index (χ4n) is 7.32. The molecule has 0 aromatic heterocycles. The molecule has 234 valence electrons. The molecule has 0 unspecified atom stereocenters. The van der Waals surface area contributed by atoms with Gasteiger partial charge in [0.2, 0.25) is 0 Å². The Morgan fingerprint density at radius 3 is 1.30 bits per heavy atom. The van der Waals surface area contributed by atoms with Gasteiger partial charge in [-0.1, -0.05) is 121 Å². The zero-order chi connectivity index (χ0) is 32.4. The second-order valence-corrected chi connectivity index (χ2v) is 12.0. The molecule has 0 saturated heterocycles. The minimum absolute atomic E-state index is 0.0413. The summed E-state index contributed by atoms with van der Waals surface area (Å²) < 4.78 is 11.8. The highest BCUT2D eigenvalue weighted by atomic mass is 16.5. The predicted molar refractivity (Wildman–Crippen MR) is 189 cm³/mol. The number of fused-ring (bicyclic) bond motifs is 3. The van der Waals surface area contributed by atoms with Gasteiger partial charge in [-0.15, -0.1) is 0 Å². The number of hydrogen-bond acceptors (Lipinski definition) is 4. The maximum atomic E-state index is 9.45. The van der Waals surface area contributed by atoms with Gasteiger partial charge in [0.25, 0.3) is 0 Å². The van der Waals surface area contributed by atoms with E-state index in [0.29, 0.717) is 0 Å². The molecular formula is C43H38O4. The van der Waals surface area contributed by atoms with Gasteiger partial charge >= 0.3 is 0 Å². The highest BCUT2D eigenvalue weighted by Gasteiger charge is 2.48. The summed E-state index contributed by atoms with van der Waals surface area (Å²) in [6, 6.07) is 47.6. The van der Waals surface area contributed by atoms with E-state index < -0.39 is 5.41 Å². The van der Waals surface area contributed by atoms with E-state index in [0.717, 1.165) is 33.8 Å². The molecule has 1 aliphatic rings. The van der Waals surface area contributed by atoms with Crippen molar-refractivity contribution in [3.05, 3.63) is 167 Å². The van der Waals surface area contributed by atoms with E-state index in [-0.39, 0.29) is 26.4 Å². The van der Waals surface area contributed by atoms with E-state index in [4.69, 9.17) is 9.47 Å². The molecule has 0 bridgehead atoms. The molecule has 6 aromatic carbocycles. The SMILES string of the molecule is Cc1cc(C2(c3ccc(OCCO)c(C)c3)c3cccc(-c4ccccc4)c3-c3c(-c4ccccc4)cccc32)ccc1OCCO. The van der Waals surface area contributed by atoms with Crippen molar-refractivity contribution < 1.29 is 19.7 Å². The second-order valence-electron chi connectivity index (χ2n) is 12.0. The summed E-state index contributed by atoms with van der Waals surface area (Å²) >= 11 is 0. The van der Waals surface area contributed by atoms with Crippen LogP contribution in [0.25, 0.3) is 33.4 Å². The van der Waals surface area contributed by atoms with Crippen LogP contribution in [0.4, 0.5) is 0 Å². The lowest BCUT2D eigenvalue weighted by molar-refractivity contribution is 0.200. The molecule has 0 fully saturated rings. The minimum Gasteiger partial charge on any atom is -0.491 e. The lowest BCUT2D eigenvalue weighted by atomic mass is 9.67. The van der Waals surface area contributed by atoms with Crippen molar-refractivity contribution in [2.45, 2.75) is 19.3 Å². The molecule has 0 spiro atoms. The third-order valence-electron chi connectivity index (χ3n) is 9.27. The number of aryl methyl sites for hydroxylation is 2. The van der Waals surface area contributed by atoms with Crippen molar-refractivity contribution in [2.75, 3.05) is 26.4 Å². The highest BCUT2D eigenvalue weighted by Crippen LogP contribution is 2.60. The van der Waals surface area contributed by atoms with Gasteiger partial charge in [-0.05, 0) is 92.7 Å². The fraction of sp³-hybridized carbons (Fsp3) is 0.163. The monoisotopic (exact) mass is 618 g/mol. The Morgan fingerprint density at radius 1 is 0.489 bits per heavy atom. The summed E-state index contributed by atoms with van der Waals surface area (Å²) in [5.74, 6) is 1.52. The number of aliphatic hydroxyl groups excluding tert-OH is 2. The summed E-state index contributed by atoms with van der Waals surface area (Å²) in [5.41, 5.74) is 13.2. The Bertz CT molecular complexity index is 1880. The first-order valence-corrected chi connectivity index (χ1v) is 16.2. The van der Waals surface area contributed by atoms with Gasteiger partial charge in [0.05, 0.1) is 18.6 Å². The quantitative estimate of drug-likeness (QED) is 0.161. The first-order valence-electron chi connectivity index (χ1n) is 16.2. The lowest BCUT2D eigenvalue weighted by Crippen LogP contribution is -2.29. The van der Waals surface area contributed by atoms with Crippen molar-refractivity contribution in [1.29, 1.82) is 0 Å². The molecule has 0 radical (unpaired) electrons. The zero-order valence-corrected chi connectivity index (χ0v) is 26.7. The molecule has 1 aliphatic carbocycles. The molecule has 2 N–H and O–H groups in total. The van der Waals surface area contributed by atoms with Gasteiger partial charge in [0.1, 0.15) is 24.7 Å². The number of ether oxygens (including phenoxy) is 2. The Balaban J connectivity index is 1.61. The number of rotatable bonds is 10. The van der Waals surface area contributed by atoms with Gasteiger partial charge in [-0.25, -0.2) is 0 Å². The van der Waals surface area contributed by atoms with Crippen LogP contribution in [0.15, 0.2) is 133 Å². The van der Waals surface area contributed by atoms with Crippen LogP contribution in [0.3, 0.4) is 0 Å². The molecule has 0 amide bonds. The molecule has 4 nitrogen and oxygen atoms in total. The Kier molecular flexibility index (Phi) is 8.38.